The van der Waals surface area contributed by atoms with E-state index < -0.39 is 0 Å². The summed E-state index contributed by atoms with van der Waals surface area (Å²) in [6, 6.07) is 7.77. The summed E-state index contributed by atoms with van der Waals surface area (Å²) in [5.74, 6) is 0.382. The lowest BCUT2D eigenvalue weighted by molar-refractivity contribution is 0.246. The van der Waals surface area contributed by atoms with Gasteiger partial charge in [0, 0.05) is 23.6 Å². The quantitative estimate of drug-likeness (QED) is 0.710. The third kappa shape index (κ3) is 3.71. The van der Waals surface area contributed by atoms with Crippen LogP contribution < -0.4 is 10.6 Å². The highest BCUT2D eigenvalue weighted by Gasteiger charge is 2.26. The van der Waals surface area contributed by atoms with Gasteiger partial charge in [-0.15, -0.1) is 11.3 Å². The smallest absolute Gasteiger partial charge is 0.320 e. The molecule has 6 nitrogen and oxygen atoms in total. The number of amides is 2. The van der Waals surface area contributed by atoms with Crippen LogP contribution in [0.3, 0.4) is 0 Å². The number of aryl methyl sites for hydroxylation is 3. The van der Waals surface area contributed by atoms with Crippen LogP contribution in [-0.4, -0.2) is 20.8 Å². The maximum Gasteiger partial charge on any atom is 0.320 e. The number of benzene rings is 1. The summed E-state index contributed by atoms with van der Waals surface area (Å²) < 4.78 is 14.8. The molecular formula is C19H20FN5OS. The van der Waals surface area contributed by atoms with Gasteiger partial charge in [0.05, 0.1) is 17.4 Å². The van der Waals surface area contributed by atoms with Gasteiger partial charge in [-0.05, 0) is 50.5 Å². The molecule has 2 amide bonds. The topological polar surface area (TPSA) is 71.8 Å². The molecule has 0 aliphatic heterocycles. The molecule has 4 rings (SSSR count). The molecule has 0 saturated heterocycles. The van der Waals surface area contributed by atoms with E-state index in [0.717, 1.165) is 41.2 Å². The van der Waals surface area contributed by atoms with Crippen LogP contribution in [-0.2, 0) is 13.5 Å². The van der Waals surface area contributed by atoms with Crippen molar-refractivity contribution in [2.24, 2.45) is 7.05 Å². The van der Waals surface area contributed by atoms with Crippen LogP contribution in [0, 0.1) is 12.7 Å². The van der Waals surface area contributed by atoms with Gasteiger partial charge in [-0.3, -0.25) is 10.00 Å². The number of thiazole rings is 1. The van der Waals surface area contributed by atoms with Gasteiger partial charge < -0.3 is 5.32 Å². The number of carbonyl (C=O) groups is 1. The summed E-state index contributed by atoms with van der Waals surface area (Å²) in [7, 11) is 1.79. The Morgan fingerprint density at radius 2 is 2.11 bits per heavy atom. The molecule has 2 heterocycles. The van der Waals surface area contributed by atoms with E-state index in [4.69, 9.17) is 4.98 Å². The Morgan fingerprint density at radius 3 is 2.81 bits per heavy atom. The van der Waals surface area contributed by atoms with E-state index in [1.807, 2.05) is 13.0 Å². The Morgan fingerprint density at radius 1 is 1.33 bits per heavy atom. The molecule has 0 radical (unpaired) electrons. The fourth-order valence-corrected chi connectivity index (χ4v) is 4.48. The number of aromatic nitrogens is 3. The maximum atomic E-state index is 13.2. The lowest BCUT2D eigenvalue weighted by Crippen LogP contribution is -2.34. The van der Waals surface area contributed by atoms with Crippen molar-refractivity contribution in [1.82, 2.24) is 20.1 Å². The molecule has 140 valence electrons. The van der Waals surface area contributed by atoms with Gasteiger partial charge in [-0.1, -0.05) is 0 Å². The molecule has 3 aromatic rings. The maximum absolute atomic E-state index is 13.2. The molecule has 0 bridgehead atoms. The van der Waals surface area contributed by atoms with E-state index in [2.05, 4.69) is 15.7 Å². The van der Waals surface area contributed by atoms with Crippen molar-refractivity contribution < 1.29 is 9.18 Å². The first-order chi connectivity index (χ1) is 13.0. The van der Waals surface area contributed by atoms with Crippen molar-refractivity contribution >= 4 is 23.2 Å². The lowest BCUT2D eigenvalue weighted by Gasteiger charge is -2.22. The summed E-state index contributed by atoms with van der Waals surface area (Å²) in [6.45, 7) is 1.88. The zero-order valence-corrected chi connectivity index (χ0v) is 15.9. The SMILES string of the molecule is Cc1cc(NC(=O)NC2CCCc3sc(-c4ccc(F)cc4)nc32)n(C)n1. The van der Waals surface area contributed by atoms with E-state index in [-0.39, 0.29) is 17.9 Å². The highest BCUT2D eigenvalue weighted by atomic mass is 32.1. The zero-order valence-electron chi connectivity index (χ0n) is 15.1. The molecule has 8 heteroatoms. The van der Waals surface area contributed by atoms with E-state index in [1.165, 1.54) is 17.0 Å². The lowest BCUT2D eigenvalue weighted by atomic mass is 9.98. The Labute approximate surface area is 160 Å². The molecule has 1 unspecified atom stereocenters. The van der Waals surface area contributed by atoms with Crippen LogP contribution in [0.15, 0.2) is 30.3 Å². The first-order valence-electron chi connectivity index (χ1n) is 8.83. The number of nitrogens with zero attached hydrogens (tertiary/aromatic N) is 3. The Balaban J connectivity index is 1.52. The minimum Gasteiger partial charge on any atom is -0.329 e. The first kappa shape index (κ1) is 17.7. The fraction of sp³-hybridized carbons (Fsp3) is 0.316. The normalized spacial score (nSPS) is 16.0. The Kier molecular flexibility index (Phi) is 4.65. The van der Waals surface area contributed by atoms with Crippen LogP contribution >= 0.6 is 11.3 Å². The third-order valence-corrected chi connectivity index (χ3v) is 5.77. The highest BCUT2D eigenvalue weighted by molar-refractivity contribution is 7.15. The van der Waals surface area contributed by atoms with Crippen molar-refractivity contribution in [2.45, 2.75) is 32.2 Å². The zero-order chi connectivity index (χ0) is 19.0. The molecule has 0 fully saturated rings. The van der Waals surface area contributed by atoms with Gasteiger partial charge in [-0.25, -0.2) is 14.2 Å². The average Bonchev–Trinajstić information content (AvgIpc) is 3.19. The summed E-state index contributed by atoms with van der Waals surface area (Å²) in [4.78, 5) is 18.4. The van der Waals surface area contributed by atoms with Gasteiger partial charge in [0.1, 0.15) is 16.6 Å². The summed E-state index contributed by atoms with van der Waals surface area (Å²) in [6.07, 6.45) is 2.79. The predicted octanol–water partition coefficient (Wildman–Crippen LogP) is 4.19. The molecule has 27 heavy (non-hydrogen) atoms. The Bertz CT molecular complexity index is 979. The number of halogens is 1. The predicted molar refractivity (Wildman–Crippen MR) is 103 cm³/mol. The molecule has 0 saturated carbocycles. The standard InChI is InChI=1S/C19H20FN5OS/c1-11-10-16(25(2)24-11)22-19(26)21-14-4-3-5-15-17(14)23-18(27-15)12-6-8-13(20)9-7-12/h6-10,14H,3-5H2,1-2H3,(H2,21,22,26). The van der Waals surface area contributed by atoms with Gasteiger partial charge in [-0.2, -0.15) is 5.10 Å². The Hall–Kier alpha value is -2.74. The molecule has 1 aliphatic rings. The minimum atomic E-state index is -0.271. The van der Waals surface area contributed by atoms with Crippen molar-refractivity contribution in [3.05, 3.63) is 52.4 Å². The van der Waals surface area contributed by atoms with Crippen LogP contribution in [0.1, 0.15) is 35.1 Å². The van der Waals surface area contributed by atoms with Gasteiger partial charge >= 0.3 is 6.03 Å². The molecule has 1 aliphatic carbocycles. The van der Waals surface area contributed by atoms with Crippen molar-refractivity contribution in [2.75, 3.05) is 5.32 Å². The number of urea groups is 1. The average molecular weight is 385 g/mol. The second kappa shape index (κ2) is 7.11. The van der Waals surface area contributed by atoms with E-state index in [9.17, 15) is 9.18 Å². The third-order valence-electron chi connectivity index (χ3n) is 4.59. The molecule has 1 aromatic carbocycles. The molecule has 2 aromatic heterocycles. The number of rotatable bonds is 3. The van der Waals surface area contributed by atoms with Crippen LogP contribution in [0.5, 0.6) is 0 Å². The van der Waals surface area contributed by atoms with Crippen molar-refractivity contribution in [3.8, 4) is 10.6 Å². The summed E-state index contributed by atoms with van der Waals surface area (Å²) in [5, 5.41) is 10.9. The highest BCUT2D eigenvalue weighted by Crippen LogP contribution is 2.37. The number of nitrogens with one attached hydrogen (secondary N) is 2. The van der Waals surface area contributed by atoms with Crippen LogP contribution in [0.25, 0.3) is 10.6 Å². The molecule has 1 atom stereocenters. The number of carbonyl (C=O) groups excluding carboxylic acids is 1. The number of hydrogen-bond acceptors (Lipinski definition) is 4. The minimum absolute atomic E-state index is 0.131. The largest absolute Gasteiger partial charge is 0.329 e. The molecule has 2 N–H and O–H groups in total. The van der Waals surface area contributed by atoms with Gasteiger partial charge in [0.2, 0.25) is 0 Å². The van der Waals surface area contributed by atoms with Gasteiger partial charge in [0.25, 0.3) is 0 Å². The van der Waals surface area contributed by atoms with E-state index in [1.54, 1.807) is 35.2 Å². The van der Waals surface area contributed by atoms with E-state index >= 15 is 0 Å². The summed E-state index contributed by atoms with van der Waals surface area (Å²) in [5.41, 5.74) is 2.66. The first-order valence-corrected chi connectivity index (χ1v) is 9.65. The molecule has 0 spiro atoms. The monoisotopic (exact) mass is 385 g/mol. The van der Waals surface area contributed by atoms with Gasteiger partial charge in [0.15, 0.2) is 0 Å². The van der Waals surface area contributed by atoms with Crippen LogP contribution in [0.4, 0.5) is 15.0 Å². The summed E-state index contributed by atoms with van der Waals surface area (Å²) >= 11 is 1.62. The van der Waals surface area contributed by atoms with E-state index in [0.29, 0.717) is 5.82 Å². The van der Waals surface area contributed by atoms with Crippen molar-refractivity contribution in [3.63, 3.8) is 0 Å². The number of fused-ring (bicyclic) bond motifs is 1. The van der Waals surface area contributed by atoms with Crippen molar-refractivity contribution in [1.29, 1.82) is 0 Å². The van der Waals surface area contributed by atoms with Crippen LogP contribution in [0.2, 0.25) is 0 Å². The fourth-order valence-electron chi connectivity index (χ4n) is 3.31. The number of anilines is 1. The number of hydrogen-bond donors (Lipinski definition) is 2. The second-order valence-corrected chi connectivity index (χ2v) is 7.76. The second-order valence-electron chi connectivity index (χ2n) is 6.67. The molecular weight excluding hydrogens is 365 g/mol.